The zero-order valence-corrected chi connectivity index (χ0v) is 37.8. The number of aliphatic hydroxyl groups excluding tert-OH is 2. The van der Waals surface area contributed by atoms with Gasteiger partial charge in [0.2, 0.25) is 5.91 Å². The topological polar surface area (TPSA) is 95.9 Å². The van der Waals surface area contributed by atoms with Crippen LogP contribution in [0.25, 0.3) is 0 Å². The molecule has 0 aromatic carbocycles. The Morgan fingerprint density at radius 3 is 1.42 bits per heavy atom. The predicted molar refractivity (Wildman–Crippen MR) is 246 cm³/mol. The van der Waals surface area contributed by atoms with Gasteiger partial charge in [-0.15, -0.1) is 0 Å². The van der Waals surface area contributed by atoms with E-state index in [9.17, 15) is 19.8 Å². The van der Waals surface area contributed by atoms with Gasteiger partial charge < -0.3 is 20.3 Å². The van der Waals surface area contributed by atoms with Crippen molar-refractivity contribution in [2.24, 2.45) is 0 Å². The highest BCUT2D eigenvalue weighted by atomic mass is 16.5. The predicted octanol–water partition coefficient (Wildman–Crippen LogP) is 14.5. The molecule has 0 aliphatic rings. The van der Waals surface area contributed by atoms with Crippen molar-refractivity contribution in [2.75, 3.05) is 13.2 Å². The van der Waals surface area contributed by atoms with Crippen LogP contribution in [0, 0.1) is 0 Å². The molecule has 6 nitrogen and oxygen atoms in total. The Kier molecular flexibility index (Phi) is 45.2. The van der Waals surface area contributed by atoms with Crippen LogP contribution in [-0.4, -0.2) is 47.4 Å². The summed E-state index contributed by atoms with van der Waals surface area (Å²) < 4.78 is 5.43. The SMILES string of the molecule is CCCCC/C=C\C/C=C\CCCCCCCC(=O)OCCCCCC/C=C\CCCC(=O)NC(CO)C(O)CCCCCCCCCCCCCCCCCC. The fourth-order valence-corrected chi connectivity index (χ4v) is 7.32. The number of aliphatic hydroxyl groups is 2. The van der Waals surface area contributed by atoms with Gasteiger partial charge in [-0.2, -0.15) is 0 Å². The van der Waals surface area contributed by atoms with Crippen molar-refractivity contribution in [3.8, 4) is 0 Å². The number of carbonyl (C=O) groups excluding carboxylic acids is 2. The summed E-state index contributed by atoms with van der Waals surface area (Å²) in [6.07, 6.45) is 55.4. The first-order valence-electron chi connectivity index (χ1n) is 24.7. The summed E-state index contributed by atoms with van der Waals surface area (Å²) in [5.74, 6) is -0.147. The molecule has 0 aliphatic heterocycles. The minimum atomic E-state index is -0.696. The zero-order chi connectivity index (χ0) is 41.5. The highest BCUT2D eigenvalue weighted by Crippen LogP contribution is 2.16. The molecule has 0 aliphatic carbocycles. The van der Waals surface area contributed by atoms with Crippen LogP contribution < -0.4 is 5.32 Å². The van der Waals surface area contributed by atoms with E-state index in [1.165, 1.54) is 135 Å². The van der Waals surface area contributed by atoms with Crippen LogP contribution in [0.5, 0.6) is 0 Å². The maximum absolute atomic E-state index is 12.4. The lowest BCUT2D eigenvalue weighted by Crippen LogP contribution is -2.45. The number of esters is 1. The Labute approximate surface area is 353 Å². The van der Waals surface area contributed by atoms with Gasteiger partial charge in [-0.3, -0.25) is 9.59 Å². The van der Waals surface area contributed by atoms with Crippen molar-refractivity contribution < 1.29 is 24.5 Å². The fourth-order valence-electron chi connectivity index (χ4n) is 7.32. The zero-order valence-electron chi connectivity index (χ0n) is 37.8. The number of hydrogen-bond acceptors (Lipinski definition) is 5. The molecule has 2 unspecified atom stereocenters. The van der Waals surface area contributed by atoms with Crippen LogP contribution >= 0.6 is 0 Å². The molecule has 0 spiro atoms. The summed E-state index contributed by atoms with van der Waals surface area (Å²) >= 11 is 0. The Balaban J connectivity index is 3.57. The molecule has 0 radical (unpaired) electrons. The minimum absolute atomic E-state index is 0.0501. The van der Waals surface area contributed by atoms with Gasteiger partial charge in [-0.25, -0.2) is 0 Å². The Bertz CT molecular complexity index is 931. The van der Waals surface area contributed by atoms with Crippen molar-refractivity contribution in [1.29, 1.82) is 0 Å². The standard InChI is InChI=1S/C51H95NO5/c1-3-5-7-9-11-13-15-17-19-21-22-24-27-31-35-39-43-49(54)48(47-53)52-50(55)44-40-36-32-28-26-30-34-38-42-46-57-51(56)45-41-37-33-29-25-23-20-18-16-14-12-10-8-6-4-2/h12,14,18,20,28,32,48-49,53-54H,3-11,13,15-17,19,21-27,29-31,33-47H2,1-2H3,(H,52,55)/b14-12-,20-18-,32-28-. The van der Waals surface area contributed by atoms with Gasteiger partial charge >= 0.3 is 5.97 Å². The highest BCUT2D eigenvalue weighted by molar-refractivity contribution is 5.76. The van der Waals surface area contributed by atoms with Crippen LogP contribution in [0.15, 0.2) is 36.5 Å². The summed E-state index contributed by atoms with van der Waals surface area (Å²) in [7, 11) is 0. The molecule has 57 heavy (non-hydrogen) atoms. The van der Waals surface area contributed by atoms with E-state index in [2.05, 4.69) is 55.6 Å². The lowest BCUT2D eigenvalue weighted by atomic mass is 10.0. The number of hydrogen-bond donors (Lipinski definition) is 3. The first kappa shape index (κ1) is 55.1. The van der Waals surface area contributed by atoms with Gasteiger partial charge in [0.15, 0.2) is 0 Å². The lowest BCUT2D eigenvalue weighted by Gasteiger charge is -2.22. The van der Waals surface area contributed by atoms with Crippen molar-refractivity contribution in [3.05, 3.63) is 36.5 Å². The van der Waals surface area contributed by atoms with Gasteiger partial charge in [0.25, 0.3) is 0 Å². The van der Waals surface area contributed by atoms with Gasteiger partial charge in [0, 0.05) is 12.8 Å². The second-order valence-electron chi connectivity index (χ2n) is 16.8. The second kappa shape index (κ2) is 46.8. The summed E-state index contributed by atoms with van der Waals surface area (Å²) in [5, 5.41) is 23.2. The molecule has 334 valence electrons. The first-order valence-corrected chi connectivity index (χ1v) is 24.7. The van der Waals surface area contributed by atoms with Gasteiger partial charge in [-0.05, 0) is 77.0 Å². The van der Waals surface area contributed by atoms with Crippen LogP contribution in [0.4, 0.5) is 0 Å². The molecule has 0 fully saturated rings. The molecule has 1 amide bonds. The normalized spacial score (nSPS) is 13.0. The Morgan fingerprint density at radius 2 is 0.895 bits per heavy atom. The van der Waals surface area contributed by atoms with E-state index in [1.807, 2.05) is 0 Å². The van der Waals surface area contributed by atoms with Crippen molar-refractivity contribution in [1.82, 2.24) is 5.32 Å². The summed E-state index contributed by atoms with van der Waals surface area (Å²) in [6.45, 7) is 4.82. The number of rotatable bonds is 45. The van der Waals surface area contributed by atoms with Crippen molar-refractivity contribution in [3.63, 3.8) is 0 Å². The summed E-state index contributed by atoms with van der Waals surface area (Å²) in [5.41, 5.74) is 0. The highest BCUT2D eigenvalue weighted by Gasteiger charge is 2.20. The van der Waals surface area contributed by atoms with E-state index in [-0.39, 0.29) is 18.5 Å². The van der Waals surface area contributed by atoms with E-state index >= 15 is 0 Å². The molecular formula is C51H95NO5. The number of amides is 1. The van der Waals surface area contributed by atoms with Crippen LogP contribution in [0.1, 0.15) is 251 Å². The number of nitrogens with one attached hydrogen (secondary N) is 1. The minimum Gasteiger partial charge on any atom is -0.466 e. The summed E-state index contributed by atoms with van der Waals surface area (Å²) in [6, 6.07) is -0.580. The number of unbranched alkanes of at least 4 members (excludes halogenated alkanes) is 28. The van der Waals surface area contributed by atoms with Crippen molar-refractivity contribution >= 4 is 11.9 Å². The molecule has 0 bridgehead atoms. The second-order valence-corrected chi connectivity index (χ2v) is 16.8. The van der Waals surface area contributed by atoms with E-state index in [0.29, 0.717) is 25.9 Å². The fraction of sp³-hybridized carbons (Fsp3) is 0.843. The maximum atomic E-state index is 12.4. The molecule has 3 N–H and O–H groups in total. The van der Waals surface area contributed by atoms with Crippen molar-refractivity contribution in [2.45, 2.75) is 264 Å². The molecule has 0 saturated carbocycles. The van der Waals surface area contributed by atoms with E-state index < -0.39 is 12.1 Å². The molecule has 0 aromatic rings. The van der Waals surface area contributed by atoms with E-state index in [4.69, 9.17) is 4.74 Å². The Morgan fingerprint density at radius 1 is 0.491 bits per heavy atom. The largest absolute Gasteiger partial charge is 0.466 e. The molecule has 0 saturated heterocycles. The lowest BCUT2D eigenvalue weighted by molar-refractivity contribution is -0.143. The van der Waals surface area contributed by atoms with Gasteiger partial charge in [0.05, 0.1) is 25.4 Å². The monoisotopic (exact) mass is 802 g/mol. The Hall–Kier alpha value is -1.92. The smallest absolute Gasteiger partial charge is 0.305 e. The van der Waals surface area contributed by atoms with Crippen LogP contribution in [0.3, 0.4) is 0 Å². The number of allylic oxidation sites excluding steroid dienone is 6. The third kappa shape index (κ3) is 43.5. The molecule has 2 atom stereocenters. The van der Waals surface area contributed by atoms with E-state index in [1.54, 1.807) is 0 Å². The number of carbonyl (C=O) groups is 2. The molecular weight excluding hydrogens is 707 g/mol. The van der Waals surface area contributed by atoms with Crippen LogP contribution in [-0.2, 0) is 14.3 Å². The average Bonchev–Trinajstić information content (AvgIpc) is 3.21. The average molecular weight is 802 g/mol. The number of ether oxygens (including phenoxy) is 1. The van der Waals surface area contributed by atoms with Gasteiger partial charge in [0.1, 0.15) is 0 Å². The molecule has 0 heterocycles. The molecule has 0 rings (SSSR count). The van der Waals surface area contributed by atoms with Gasteiger partial charge in [-0.1, -0.05) is 198 Å². The van der Waals surface area contributed by atoms with E-state index in [0.717, 1.165) is 83.5 Å². The maximum Gasteiger partial charge on any atom is 0.305 e. The molecule has 0 aromatic heterocycles. The quantitative estimate of drug-likeness (QED) is 0.0324. The third-order valence-corrected chi connectivity index (χ3v) is 11.2. The molecule has 6 heteroatoms. The van der Waals surface area contributed by atoms with Crippen LogP contribution in [0.2, 0.25) is 0 Å². The summed E-state index contributed by atoms with van der Waals surface area (Å²) in [4.78, 5) is 24.4. The first-order chi connectivity index (χ1) is 28.0. The third-order valence-electron chi connectivity index (χ3n) is 11.2.